The lowest BCUT2D eigenvalue weighted by atomic mass is 10.2. The number of benzene rings is 2. The Bertz CT molecular complexity index is 572. The van der Waals surface area contributed by atoms with Crippen LogP contribution < -0.4 is 5.32 Å². The van der Waals surface area contributed by atoms with Crippen LogP contribution >= 0.6 is 50.7 Å². The number of nitrogens with one attached hydrogen (secondary N) is 1. The summed E-state index contributed by atoms with van der Waals surface area (Å²) < 4.78 is 0.975. The molecule has 0 aliphatic heterocycles. The van der Waals surface area contributed by atoms with E-state index in [1.54, 1.807) is 12.1 Å². The summed E-state index contributed by atoms with van der Waals surface area (Å²) >= 11 is 21.2. The molecule has 1 nitrogen and oxygen atoms in total. The highest BCUT2D eigenvalue weighted by Gasteiger charge is 2.02. The van der Waals surface area contributed by atoms with Crippen molar-refractivity contribution >= 4 is 56.4 Å². The molecule has 2 aromatic carbocycles. The second-order valence-electron chi connectivity index (χ2n) is 3.72. The fourth-order valence-corrected chi connectivity index (χ4v) is 2.59. The molecule has 0 atom stereocenters. The van der Waals surface area contributed by atoms with Gasteiger partial charge in [-0.1, -0.05) is 56.8 Å². The van der Waals surface area contributed by atoms with Gasteiger partial charge in [0.15, 0.2) is 0 Å². The summed E-state index contributed by atoms with van der Waals surface area (Å²) in [6.07, 6.45) is 0. The maximum Gasteiger partial charge on any atom is 0.0612 e. The fraction of sp³-hybridized carbons (Fsp3) is 0.0769. The second-order valence-corrected chi connectivity index (χ2v) is 5.82. The van der Waals surface area contributed by atoms with E-state index in [1.807, 2.05) is 24.3 Å². The molecule has 0 amide bonds. The molecule has 18 heavy (non-hydrogen) atoms. The minimum absolute atomic E-state index is 0.539. The lowest BCUT2D eigenvalue weighted by Gasteiger charge is -2.09. The Morgan fingerprint density at radius 2 is 1.72 bits per heavy atom. The van der Waals surface area contributed by atoms with E-state index >= 15 is 0 Å². The molecule has 0 fully saturated rings. The minimum atomic E-state index is 0.539. The molecule has 5 heteroatoms. The molecule has 0 aliphatic carbocycles. The van der Waals surface area contributed by atoms with Crippen LogP contribution in [0.4, 0.5) is 5.69 Å². The molecule has 0 unspecified atom stereocenters. The van der Waals surface area contributed by atoms with Crippen LogP contribution in [0.2, 0.25) is 15.1 Å². The summed E-state index contributed by atoms with van der Waals surface area (Å²) in [7, 11) is 0. The number of halogens is 4. The molecule has 0 saturated carbocycles. The van der Waals surface area contributed by atoms with Crippen molar-refractivity contribution in [1.29, 1.82) is 0 Å². The first kappa shape index (κ1) is 14.0. The Morgan fingerprint density at radius 3 is 2.39 bits per heavy atom. The van der Waals surface area contributed by atoms with Gasteiger partial charge in [0, 0.05) is 21.7 Å². The van der Waals surface area contributed by atoms with E-state index in [9.17, 15) is 0 Å². The van der Waals surface area contributed by atoms with Gasteiger partial charge in [-0.05, 0) is 35.9 Å². The quantitative estimate of drug-likeness (QED) is 0.701. The average molecular weight is 365 g/mol. The predicted octanol–water partition coefficient (Wildman–Crippen LogP) is 6.02. The Labute approximate surface area is 129 Å². The van der Waals surface area contributed by atoms with Crippen LogP contribution in [0.3, 0.4) is 0 Å². The molecule has 0 saturated heterocycles. The van der Waals surface area contributed by atoms with E-state index in [0.717, 1.165) is 15.7 Å². The zero-order valence-corrected chi connectivity index (χ0v) is 13.0. The SMILES string of the molecule is Clc1ccc(CNc2ccc(Cl)c(Cl)c2)c(Br)c1. The molecule has 0 heterocycles. The van der Waals surface area contributed by atoms with Gasteiger partial charge in [0.1, 0.15) is 0 Å². The van der Waals surface area contributed by atoms with Crippen molar-refractivity contribution in [3.05, 3.63) is 61.5 Å². The Hall–Kier alpha value is -0.410. The van der Waals surface area contributed by atoms with Gasteiger partial charge in [0.2, 0.25) is 0 Å². The Kier molecular flexibility index (Phi) is 4.79. The van der Waals surface area contributed by atoms with Crippen LogP contribution in [0.1, 0.15) is 5.56 Å². The van der Waals surface area contributed by atoms with Crippen molar-refractivity contribution in [2.24, 2.45) is 0 Å². The predicted molar refractivity (Wildman–Crippen MR) is 82.9 cm³/mol. The van der Waals surface area contributed by atoms with Gasteiger partial charge in [-0.25, -0.2) is 0 Å². The topological polar surface area (TPSA) is 12.0 Å². The summed E-state index contributed by atoms with van der Waals surface area (Å²) in [5.41, 5.74) is 2.04. The highest BCUT2D eigenvalue weighted by atomic mass is 79.9. The Balaban J connectivity index is 2.09. The minimum Gasteiger partial charge on any atom is -0.381 e. The van der Waals surface area contributed by atoms with Crippen LogP contribution in [0.5, 0.6) is 0 Å². The number of hydrogen-bond donors (Lipinski definition) is 1. The van der Waals surface area contributed by atoms with Gasteiger partial charge in [-0.3, -0.25) is 0 Å². The van der Waals surface area contributed by atoms with Crippen LogP contribution in [-0.4, -0.2) is 0 Å². The Morgan fingerprint density at radius 1 is 0.944 bits per heavy atom. The van der Waals surface area contributed by atoms with E-state index in [4.69, 9.17) is 34.8 Å². The first-order chi connectivity index (χ1) is 8.56. The number of rotatable bonds is 3. The molecule has 2 aromatic rings. The van der Waals surface area contributed by atoms with Crippen LogP contribution in [0.15, 0.2) is 40.9 Å². The van der Waals surface area contributed by atoms with Crippen molar-refractivity contribution in [3.8, 4) is 0 Å². The molecule has 94 valence electrons. The third kappa shape index (κ3) is 3.55. The van der Waals surface area contributed by atoms with Crippen LogP contribution in [0.25, 0.3) is 0 Å². The van der Waals surface area contributed by atoms with E-state index in [0.29, 0.717) is 21.6 Å². The maximum absolute atomic E-state index is 5.95. The summed E-state index contributed by atoms with van der Waals surface area (Å²) in [6, 6.07) is 11.2. The normalized spacial score (nSPS) is 10.4. The van der Waals surface area contributed by atoms with Crippen LogP contribution in [-0.2, 0) is 6.54 Å². The lowest BCUT2D eigenvalue weighted by Crippen LogP contribution is -2.00. The third-order valence-corrected chi connectivity index (χ3v) is 4.13. The van der Waals surface area contributed by atoms with Gasteiger partial charge >= 0.3 is 0 Å². The molecule has 0 aromatic heterocycles. The zero-order valence-electron chi connectivity index (χ0n) is 9.18. The smallest absolute Gasteiger partial charge is 0.0612 e. The van der Waals surface area contributed by atoms with Crippen molar-refractivity contribution in [3.63, 3.8) is 0 Å². The van der Waals surface area contributed by atoms with Crippen molar-refractivity contribution in [1.82, 2.24) is 0 Å². The highest BCUT2D eigenvalue weighted by Crippen LogP contribution is 2.26. The van der Waals surface area contributed by atoms with Gasteiger partial charge in [-0.2, -0.15) is 0 Å². The van der Waals surface area contributed by atoms with Gasteiger partial charge in [-0.15, -0.1) is 0 Å². The highest BCUT2D eigenvalue weighted by molar-refractivity contribution is 9.10. The molecule has 2 rings (SSSR count). The van der Waals surface area contributed by atoms with E-state index in [2.05, 4.69) is 21.2 Å². The third-order valence-electron chi connectivity index (χ3n) is 2.42. The molecule has 0 bridgehead atoms. The zero-order chi connectivity index (χ0) is 13.1. The lowest BCUT2D eigenvalue weighted by molar-refractivity contribution is 1.14. The van der Waals surface area contributed by atoms with E-state index in [-0.39, 0.29) is 0 Å². The summed E-state index contributed by atoms with van der Waals surface area (Å²) in [5, 5.41) is 5.07. The van der Waals surface area contributed by atoms with E-state index < -0.39 is 0 Å². The van der Waals surface area contributed by atoms with Crippen molar-refractivity contribution in [2.45, 2.75) is 6.54 Å². The largest absolute Gasteiger partial charge is 0.381 e. The first-order valence-electron chi connectivity index (χ1n) is 5.19. The molecular weight excluding hydrogens is 356 g/mol. The summed E-state index contributed by atoms with van der Waals surface area (Å²) in [4.78, 5) is 0. The van der Waals surface area contributed by atoms with E-state index in [1.165, 1.54) is 0 Å². The second kappa shape index (κ2) is 6.16. The number of anilines is 1. The van der Waals surface area contributed by atoms with Gasteiger partial charge in [0.25, 0.3) is 0 Å². The number of hydrogen-bond acceptors (Lipinski definition) is 1. The molecule has 0 radical (unpaired) electrons. The summed E-state index contributed by atoms with van der Waals surface area (Å²) in [6.45, 7) is 0.676. The average Bonchev–Trinajstić information content (AvgIpc) is 2.32. The van der Waals surface area contributed by atoms with Crippen molar-refractivity contribution < 1.29 is 0 Å². The van der Waals surface area contributed by atoms with Crippen molar-refractivity contribution in [2.75, 3.05) is 5.32 Å². The molecule has 1 N–H and O–H groups in total. The monoisotopic (exact) mass is 363 g/mol. The molecule has 0 aliphatic rings. The first-order valence-corrected chi connectivity index (χ1v) is 7.12. The van der Waals surface area contributed by atoms with Gasteiger partial charge in [0.05, 0.1) is 10.0 Å². The summed E-state index contributed by atoms with van der Waals surface area (Å²) in [5.74, 6) is 0. The molecule has 0 spiro atoms. The fourth-order valence-electron chi connectivity index (χ4n) is 1.47. The maximum atomic E-state index is 5.95. The van der Waals surface area contributed by atoms with Crippen LogP contribution in [0, 0.1) is 0 Å². The van der Waals surface area contributed by atoms with Gasteiger partial charge < -0.3 is 5.32 Å². The standard InChI is InChI=1S/C13H9BrCl3N/c14-11-5-9(15)2-1-8(11)7-18-10-3-4-12(16)13(17)6-10/h1-6,18H,7H2. The molecular formula is C13H9BrCl3N.